The molecule has 1 heterocycles. The highest BCUT2D eigenvalue weighted by molar-refractivity contribution is 6.42. The van der Waals surface area contributed by atoms with Crippen molar-refractivity contribution in [1.29, 1.82) is 0 Å². The van der Waals surface area contributed by atoms with Crippen molar-refractivity contribution in [2.24, 2.45) is 0 Å². The van der Waals surface area contributed by atoms with Crippen molar-refractivity contribution in [3.8, 4) is 11.5 Å². The fourth-order valence-electron chi connectivity index (χ4n) is 3.95. The second-order valence-corrected chi connectivity index (χ2v) is 7.91. The third-order valence-electron chi connectivity index (χ3n) is 5.42. The van der Waals surface area contributed by atoms with Crippen LogP contribution >= 0.6 is 23.2 Å². The van der Waals surface area contributed by atoms with E-state index in [4.69, 9.17) is 32.7 Å². The van der Waals surface area contributed by atoms with Gasteiger partial charge in [-0.2, -0.15) is 0 Å². The fraction of sp³-hybridized carbons (Fsp3) is 0.208. The summed E-state index contributed by atoms with van der Waals surface area (Å²) in [5, 5.41) is 0.788. The molecule has 4 rings (SSSR count). The van der Waals surface area contributed by atoms with Crippen LogP contribution in [0.1, 0.15) is 33.1 Å². The number of rotatable bonds is 4. The lowest BCUT2D eigenvalue weighted by atomic mass is 9.87. The van der Waals surface area contributed by atoms with Gasteiger partial charge < -0.3 is 14.4 Å². The number of ether oxygens (including phenoxy) is 2. The van der Waals surface area contributed by atoms with Gasteiger partial charge in [0, 0.05) is 12.1 Å². The van der Waals surface area contributed by atoms with E-state index in [1.807, 2.05) is 47.4 Å². The molecule has 3 aromatic carbocycles. The summed E-state index contributed by atoms with van der Waals surface area (Å²) in [6.45, 7) is 0.571. The van der Waals surface area contributed by atoms with Crippen LogP contribution in [-0.2, 0) is 6.42 Å². The molecule has 0 aromatic heterocycles. The maximum Gasteiger partial charge on any atom is 0.254 e. The summed E-state index contributed by atoms with van der Waals surface area (Å²) in [6.07, 6.45) is 0.714. The van der Waals surface area contributed by atoms with E-state index >= 15 is 0 Å². The minimum Gasteiger partial charge on any atom is -0.493 e. The highest BCUT2D eigenvalue weighted by Gasteiger charge is 2.34. The molecule has 1 amide bonds. The van der Waals surface area contributed by atoms with Gasteiger partial charge in [-0.05, 0) is 53.4 Å². The summed E-state index contributed by atoms with van der Waals surface area (Å²) in [4.78, 5) is 15.4. The van der Waals surface area contributed by atoms with Gasteiger partial charge in [0.05, 0.1) is 30.3 Å². The summed E-state index contributed by atoms with van der Waals surface area (Å²) in [5.41, 5.74) is 3.70. The number of halogens is 2. The summed E-state index contributed by atoms with van der Waals surface area (Å²) < 4.78 is 11.0. The van der Waals surface area contributed by atoms with Crippen molar-refractivity contribution >= 4 is 29.1 Å². The molecule has 0 aliphatic carbocycles. The van der Waals surface area contributed by atoms with Crippen LogP contribution in [0.5, 0.6) is 11.5 Å². The van der Waals surface area contributed by atoms with Crippen LogP contribution in [0, 0.1) is 0 Å². The molecule has 0 radical (unpaired) electrons. The van der Waals surface area contributed by atoms with E-state index in [0.29, 0.717) is 40.1 Å². The highest BCUT2D eigenvalue weighted by atomic mass is 35.5. The van der Waals surface area contributed by atoms with Gasteiger partial charge in [0.15, 0.2) is 11.5 Å². The second kappa shape index (κ2) is 8.58. The number of benzene rings is 3. The van der Waals surface area contributed by atoms with Gasteiger partial charge in [0.1, 0.15) is 0 Å². The Bertz CT molecular complexity index is 1090. The summed E-state index contributed by atoms with van der Waals surface area (Å²) in [7, 11) is 3.24. The molecule has 0 fully saturated rings. The molecule has 1 aliphatic rings. The molecule has 6 heteroatoms. The van der Waals surface area contributed by atoms with Gasteiger partial charge in [0.25, 0.3) is 5.91 Å². The predicted octanol–water partition coefficient (Wildman–Crippen LogP) is 5.80. The first-order chi connectivity index (χ1) is 14.5. The van der Waals surface area contributed by atoms with Gasteiger partial charge in [-0.25, -0.2) is 0 Å². The van der Waals surface area contributed by atoms with Gasteiger partial charge >= 0.3 is 0 Å². The monoisotopic (exact) mass is 441 g/mol. The molecule has 30 heavy (non-hydrogen) atoms. The normalized spacial score (nSPS) is 15.5. The topological polar surface area (TPSA) is 38.8 Å². The average Bonchev–Trinajstić information content (AvgIpc) is 2.79. The molecule has 0 saturated carbocycles. The maximum absolute atomic E-state index is 13.5. The van der Waals surface area contributed by atoms with Crippen LogP contribution in [0.3, 0.4) is 0 Å². The fourth-order valence-corrected chi connectivity index (χ4v) is 4.25. The van der Waals surface area contributed by atoms with Crippen molar-refractivity contribution < 1.29 is 14.3 Å². The molecule has 1 unspecified atom stereocenters. The average molecular weight is 442 g/mol. The standard InChI is InChI=1S/C24H21Cl2NO3/c1-29-21-13-16-10-11-27(24(28)17-8-9-19(25)20(26)12-17)23(15-6-4-3-5-7-15)18(16)14-22(21)30-2/h3-9,12-14,23H,10-11H2,1-2H3. The van der Waals surface area contributed by atoms with Crippen LogP contribution < -0.4 is 9.47 Å². The zero-order chi connectivity index (χ0) is 21.3. The lowest BCUT2D eigenvalue weighted by Gasteiger charge is -2.38. The molecule has 0 saturated heterocycles. The van der Waals surface area contributed by atoms with Gasteiger partial charge in [-0.1, -0.05) is 53.5 Å². The molecule has 0 spiro atoms. The summed E-state index contributed by atoms with van der Waals surface area (Å²) in [5.74, 6) is 1.23. The van der Waals surface area contributed by atoms with E-state index in [1.54, 1.807) is 32.4 Å². The third-order valence-corrected chi connectivity index (χ3v) is 6.16. The van der Waals surface area contributed by atoms with E-state index in [-0.39, 0.29) is 11.9 Å². The van der Waals surface area contributed by atoms with Gasteiger partial charge in [-0.15, -0.1) is 0 Å². The van der Waals surface area contributed by atoms with Crippen molar-refractivity contribution in [1.82, 2.24) is 4.90 Å². The van der Waals surface area contributed by atoms with Crippen molar-refractivity contribution in [3.05, 3.63) is 93.0 Å². The van der Waals surface area contributed by atoms with Gasteiger partial charge in [-0.3, -0.25) is 4.79 Å². The number of nitrogens with zero attached hydrogens (tertiary/aromatic N) is 1. The zero-order valence-electron chi connectivity index (χ0n) is 16.7. The number of methoxy groups -OCH3 is 2. The first-order valence-corrected chi connectivity index (χ1v) is 10.3. The number of carbonyl (C=O) groups is 1. The molecule has 1 atom stereocenters. The van der Waals surface area contributed by atoms with E-state index in [1.165, 1.54) is 0 Å². The first kappa shape index (κ1) is 20.6. The molecule has 0 N–H and O–H groups in total. The van der Waals surface area contributed by atoms with E-state index in [2.05, 4.69) is 0 Å². The van der Waals surface area contributed by atoms with Crippen LogP contribution in [0.4, 0.5) is 0 Å². The van der Waals surface area contributed by atoms with Crippen molar-refractivity contribution in [2.75, 3.05) is 20.8 Å². The quantitative estimate of drug-likeness (QED) is 0.513. The van der Waals surface area contributed by atoms with E-state index in [0.717, 1.165) is 16.7 Å². The minimum atomic E-state index is -0.253. The zero-order valence-corrected chi connectivity index (χ0v) is 18.2. The lowest BCUT2D eigenvalue weighted by Crippen LogP contribution is -2.40. The Hall–Kier alpha value is -2.69. The number of hydrogen-bond donors (Lipinski definition) is 0. The van der Waals surface area contributed by atoms with Crippen LogP contribution in [-0.4, -0.2) is 31.6 Å². The molecular formula is C24H21Cl2NO3. The van der Waals surface area contributed by atoms with Crippen LogP contribution in [0.25, 0.3) is 0 Å². The number of fused-ring (bicyclic) bond motifs is 1. The molecule has 1 aliphatic heterocycles. The van der Waals surface area contributed by atoms with Crippen molar-refractivity contribution in [3.63, 3.8) is 0 Å². The molecule has 154 valence electrons. The lowest BCUT2D eigenvalue weighted by molar-refractivity contribution is 0.0694. The molecular weight excluding hydrogens is 421 g/mol. The Kier molecular flexibility index (Phi) is 5.89. The Morgan fingerprint density at radius 2 is 1.63 bits per heavy atom. The van der Waals surface area contributed by atoms with Gasteiger partial charge in [0.2, 0.25) is 0 Å². The maximum atomic E-state index is 13.5. The smallest absolute Gasteiger partial charge is 0.254 e. The SMILES string of the molecule is COc1cc2c(cc1OC)C(c1ccccc1)N(C(=O)c1ccc(Cl)c(Cl)c1)CC2. The molecule has 0 bridgehead atoms. The Balaban J connectivity index is 1.83. The van der Waals surface area contributed by atoms with Crippen LogP contribution in [0.15, 0.2) is 60.7 Å². The van der Waals surface area contributed by atoms with Crippen molar-refractivity contribution in [2.45, 2.75) is 12.5 Å². The minimum absolute atomic E-state index is 0.0946. The Labute approximate surface area is 185 Å². The Morgan fingerprint density at radius 1 is 0.933 bits per heavy atom. The van der Waals surface area contributed by atoms with E-state index < -0.39 is 0 Å². The number of carbonyl (C=O) groups excluding carboxylic acids is 1. The predicted molar refractivity (Wildman–Crippen MR) is 119 cm³/mol. The van der Waals surface area contributed by atoms with Crippen LogP contribution in [0.2, 0.25) is 10.0 Å². The third kappa shape index (κ3) is 3.73. The second-order valence-electron chi connectivity index (χ2n) is 7.10. The summed E-state index contributed by atoms with van der Waals surface area (Å²) >= 11 is 12.2. The molecule has 4 nitrogen and oxygen atoms in total. The Morgan fingerprint density at radius 3 is 2.30 bits per heavy atom. The highest BCUT2D eigenvalue weighted by Crippen LogP contribution is 2.41. The summed E-state index contributed by atoms with van der Waals surface area (Å²) in [6, 6.07) is 18.7. The van der Waals surface area contributed by atoms with E-state index in [9.17, 15) is 4.79 Å². The number of hydrogen-bond acceptors (Lipinski definition) is 3. The first-order valence-electron chi connectivity index (χ1n) is 9.59. The largest absolute Gasteiger partial charge is 0.493 e. The molecule has 3 aromatic rings. The number of amides is 1.